The third-order valence-corrected chi connectivity index (χ3v) is 3.26. The lowest BCUT2D eigenvalue weighted by Crippen LogP contribution is -2.27. The number of aliphatic hydroxyl groups excluding tert-OH is 1. The summed E-state index contributed by atoms with van der Waals surface area (Å²) in [6.45, 7) is 0.243. The Hall–Kier alpha value is -0.380. The van der Waals surface area contributed by atoms with Crippen LogP contribution < -0.4 is 5.32 Å². The summed E-state index contributed by atoms with van der Waals surface area (Å²) in [5.41, 5.74) is 1.31. The van der Waals surface area contributed by atoms with Gasteiger partial charge in [-0.2, -0.15) is 0 Å². The van der Waals surface area contributed by atoms with Crippen molar-refractivity contribution in [3.8, 4) is 0 Å². The lowest BCUT2D eigenvalue weighted by atomic mass is 10.1. The molecule has 14 heavy (non-hydrogen) atoms. The van der Waals surface area contributed by atoms with Gasteiger partial charge in [0.25, 0.3) is 0 Å². The minimum Gasteiger partial charge on any atom is -0.395 e. The number of halogens is 1. The monoisotopic (exact) mass is 255 g/mol. The standard InChI is InChI=1S/C11H14BrNO/c12-9-3-1-8(2-4-9)11-6-5-10(7-14)13-11/h1-4,10-11,13-14H,5-7H2. The van der Waals surface area contributed by atoms with Gasteiger partial charge < -0.3 is 10.4 Å². The van der Waals surface area contributed by atoms with Gasteiger partial charge in [-0.3, -0.25) is 0 Å². The van der Waals surface area contributed by atoms with Crippen LogP contribution in [0.3, 0.4) is 0 Å². The van der Waals surface area contributed by atoms with Crippen LogP contribution in [0.15, 0.2) is 28.7 Å². The minimum atomic E-state index is 0.243. The molecule has 2 atom stereocenters. The zero-order valence-electron chi connectivity index (χ0n) is 7.91. The number of benzene rings is 1. The van der Waals surface area contributed by atoms with Crippen LogP contribution >= 0.6 is 15.9 Å². The fourth-order valence-electron chi connectivity index (χ4n) is 1.92. The quantitative estimate of drug-likeness (QED) is 0.850. The molecular weight excluding hydrogens is 242 g/mol. The van der Waals surface area contributed by atoms with Gasteiger partial charge in [-0.15, -0.1) is 0 Å². The summed E-state index contributed by atoms with van der Waals surface area (Å²) in [5.74, 6) is 0. The van der Waals surface area contributed by atoms with Crippen molar-refractivity contribution < 1.29 is 5.11 Å². The van der Waals surface area contributed by atoms with E-state index < -0.39 is 0 Å². The Kier molecular flexibility index (Phi) is 3.21. The predicted octanol–water partition coefficient (Wildman–Crippen LogP) is 2.23. The highest BCUT2D eigenvalue weighted by atomic mass is 79.9. The van der Waals surface area contributed by atoms with Gasteiger partial charge in [0, 0.05) is 16.6 Å². The number of hydrogen-bond acceptors (Lipinski definition) is 2. The molecule has 0 amide bonds. The van der Waals surface area contributed by atoms with E-state index in [1.807, 2.05) is 0 Å². The maximum absolute atomic E-state index is 9.00. The Morgan fingerprint density at radius 3 is 2.57 bits per heavy atom. The zero-order chi connectivity index (χ0) is 9.97. The van der Waals surface area contributed by atoms with Gasteiger partial charge in [-0.1, -0.05) is 28.1 Å². The van der Waals surface area contributed by atoms with E-state index in [0.717, 1.165) is 17.3 Å². The SMILES string of the molecule is OCC1CCC(c2ccc(Br)cc2)N1. The van der Waals surface area contributed by atoms with E-state index in [-0.39, 0.29) is 12.6 Å². The minimum absolute atomic E-state index is 0.243. The molecule has 0 radical (unpaired) electrons. The first kappa shape index (κ1) is 10.1. The first-order chi connectivity index (χ1) is 6.79. The van der Waals surface area contributed by atoms with Crippen LogP contribution in [0.25, 0.3) is 0 Å². The van der Waals surface area contributed by atoms with Crippen molar-refractivity contribution in [3.05, 3.63) is 34.3 Å². The van der Waals surface area contributed by atoms with Crippen molar-refractivity contribution in [2.45, 2.75) is 24.9 Å². The molecule has 0 spiro atoms. The molecule has 1 aliphatic heterocycles. The lowest BCUT2D eigenvalue weighted by molar-refractivity contribution is 0.251. The van der Waals surface area contributed by atoms with E-state index in [0.29, 0.717) is 6.04 Å². The highest BCUT2D eigenvalue weighted by molar-refractivity contribution is 9.10. The molecule has 0 bridgehead atoms. The average molecular weight is 256 g/mol. The van der Waals surface area contributed by atoms with Gasteiger partial charge in [0.05, 0.1) is 6.61 Å². The maximum Gasteiger partial charge on any atom is 0.0584 e. The van der Waals surface area contributed by atoms with Gasteiger partial charge >= 0.3 is 0 Å². The van der Waals surface area contributed by atoms with E-state index >= 15 is 0 Å². The highest BCUT2D eigenvalue weighted by Gasteiger charge is 2.23. The predicted molar refractivity (Wildman–Crippen MR) is 60.1 cm³/mol. The molecule has 0 aromatic heterocycles. The third kappa shape index (κ3) is 2.16. The molecule has 1 saturated heterocycles. The van der Waals surface area contributed by atoms with Crippen LogP contribution in [-0.2, 0) is 0 Å². The molecule has 1 aromatic rings. The van der Waals surface area contributed by atoms with Crippen LogP contribution in [0, 0.1) is 0 Å². The fourth-order valence-corrected chi connectivity index (χ4v) is 2.19. The Morgan fingerprint density at radius 1 is 1.29 bits per heavy atom. The molecule has 76 valence electrons. The summed E-state index contributed by atoms with van der Waals surface area (Å²) < 4.78 is 1.11. The average Bonchev–Trinajstić information content (AvgIpc) is 2.67. The van der Waals surface area contributed by atoms with Crippen molar-refractivity contribution in [1.82, 2.24) is 5.32 Å². The summed E-state index contributed by atoms with van der Waals surface area (Å²) in [7, 11) is 0. The Bertz CT molecular complexity index is 299. The van der Waals surface area contributed by atoms with Gasteiger partial charge in [0.1, 0.15) is 0 Å². The summed E-state index contributed by atoms with van der Waals surface area (Å²) >= 11 is 3.42. The van der Waals surface area contributed by atoms with Crippen molar-refractivity contribution in [1.29, 1.82) is 0 Å². The van der Waals surface area contributed by atoms with Gasteiger partial charge in [-0.25, -0.2) is 0 Å². The second-order valence-electron chi connectivity index (χ2n) is 3.73. The molecule has 1 fully saturated rings. The smallest absolute Gasteiger partial charge is 0.0584 e. The van der Waals surface area contributed by atoms with Crippen molar-refractivity contribution in [2.75, 3.05) is 6.61 Å². The third-order valence-electron chi connectivity index (χ3n) is 2.73. The molecular formula is C11H14BrNO. The molecule has 0 aliphatic carbocycles. The number of rotatable bonds is 2. The summed E-state index contributed by atoms with van der Waals surface area (Å²) in [6.07, 6.45) is 2.18. The van der Waals surface area contributed by atoms with Crippen molar-refractivity contribution in [3.63, 3.8) is 0 Å². The Labute approximate surface area is 92.5 Å². The maximum atomic E-state index is 9.00. The topological polar surface area (TPSA) is 32.3 Å². The number of aliphatic hydroxyl groups is 1. The van der Waals surface area contributed by atoms with E-state index in [4.69, 9.17) is 5.11 Å². The van der Waals surface area contributed by atoms with Crippen molar-refractivity contribution >= 4 is 15.9 Å². The van der Waals surface area contributed by atoms with Gasteiger partial charge in [0.2, 0.25) is 0 Å². The number of nitrogens with one attached hydrogen (secondary N) is 1. The van der Waals surface area contributed by atoms with Crippen LogP contribution in [0.5, 0.6) is 0 Å². The van der Waals surface area contributed by atoms with E-state index in [1.165, 1.54) is 5.56 Å². The van der Waals surface area contributed by atoms with Crippen LogP contribution in [0.4, 0.5) is 0 Å². The molecule has 1 aliphatic rings. The van der Waals surface area contributed by atoms with E-state index in [1.54, 1.807) is 0 Å². The molecule has 2 unspecified atom stereocenters. The molecule has 1 aromatic carbocycles. The summed E-state index contributed by atoms with van der Waals surface area (Å²) in [5, 5.41) is 12.4. The Morgan fingerprint density at radius 2 is 2.00 bits per heavy atom. The van der Waals surface area contributed by atoms with Crippen LogP contribution in [-0.4, -0.2) is 17.8 Å². The molecule has 2 rings (SSSR count). The van der Waals surface area contributed by atoms with Gasteiger partial charge in [0.15, 0.2) is 0 Å². The van der Waals surface area contributed by atoms with Crippen molar-refractivity contribution in [2.24, 2.45) is 0 Å². The summed E-state index contributed by atoms with van der Waals surface area (Å²) in [6, 6.07) is 9.07. The lowest BCUT2D eigenvalue weighted by Gasteiger charge is -2.12. The largest absolute Gasteiger partial charge is 0.395 e. The van der Waals surface area contributed by atoms with Crippen LogP contribution in [0.1, 0.15) is 24.4 Å². The zero-order valence-corrected chi connectivity index (χ0v) is 9.50. The second-order valence-corrected chi connectivity index (χ2v) is 4.64. The molecule has 3 heteroatoms. The van der Waals surface area contributed by atoms with Gasteiger partial charge in [-0.05, 0) is 30.5 Å². The normalized spacial score (nSPS) is 26.7. The Balaban J connectivity index is 2.06. The van der Waals surface area contributed by atoms with Crippen LogP contribution in [0.2, 0.25) is 0 Å². The molecule has 2 nitrogen and oxygen atoms in total. The second kappa shape index (κ2) is 4.43. The van der Waals surface area contributed by atoms with E-state index in [9.17, 15) is 0 Å². The fraction of sp³-hybridized carbons (Fsp3) is 0.455. The summed E-state index contributed by atoms with van der Waals surface area (Å²) in [4.78, 5) is 0. The highest BCUT2D eigenvalue weighted by Crippen LogP contribution is 2.27. The first-order valence-electron chi connectivity index (χ1n) is 4.92. The molecule has 1 heterocycles. The first-order valence-corrected chi connectivity index (χ1v) is 5.71. The number of hydrogen-bond donors (Lipinski definition) is 2. The van der Waals surface area contributed by atoms with E-state index in [2.05, 4.69) is 45.5 Å². The molecule has 2 N–H and O–H groups in total. The molecule has 0 saturated carbocycles.